The molecule has 3 nitrogen and oxygen atoms in total. The van der Waals surface area contributed by atoms with Crippen molar-refractivity contribution in [2.45, 2.75) is 19.3 Å². The summed E-state index contributed by atoms with van der Waals surface area (Å²) in [7, 11) is 0. The van der Waals surface area contributed by atoms with Gasteiger partial charge in [-0.1, -0.05) is 129 Å². The highest BCUT2D eigenvalue weighted by atomic mass is 16.3. The summed E-state index contributed by atoms with van der Waals surface area (Å²) in [5.74, 6) is 0. The van der Waals surface area contributed by atoms with Crippen molar-refractivity contribution in [2.24, 2.45) is 0 Å². The van der Waals surface area contributed by atoms with Crippen LogP contribution in [0.5, 0.6) is 0 Å². The van der Waals surface area contributed by atoms with Crippen molar-refractivity contribution in [1.82, 2.24) is 4.57 Å². The lowest BCUT2D eigenvalue weighted by Crippen LogP contribution is -2.15. The van der Waals surface area contributed by atoms with Crippen LogP contribution in [0.2, 0.25) is 0 Å². The molecule has 0 spiro atoms. The van der Waals surface area contributed by atoms with Crippen LogP contribution < -0.4 is 5.43 Å². The van der Waals surface area contributed by atoms with Gasteiger partial charge in [0, 0.05) is 27.8 Å². The van der Waals surface area contributed by atoms with Crippen LogP contribution in [-0.2, 0) is 5.41 Å². The van der Waals surface area contributed by atoms with Gasteiger partial charge < -0.3 is 8.98 Å². The number of fused-ring (bicyclic) bond motifs is 9. The molecule has 0 amide bonds. The average Bonchev–Trinajstić information content (AvgIpc) is 3.64. The van der Waals surface area contributed by atoms with E-state index in [1.54, 1.807) is 0 Å². The molecule has 0 saturated carbocycles. The van der Waals surface area contributed by atoms with Crippen molar-refractivity contribution in [3.63, 3.8) is 0 Å². The monoisotopic (exact) mass is 679 g/mol. The van der Waals surface area contributed by atoms with E-state index >= 15 is 0 Å². The number of nitrogens with zero attached hydrogens (tertiary/aromatic N) is 1. The Morgan fingerprint density at radius 3 is 2.04 bits per heavy atom. The van der Waals surface area contributed by atoms with Crippen molar-refractivity contribution >= 4 is 54.5 Å². The molecule has 0 unspecified atom stereocenters. The molecule has 0 atom stereocenters. The summed E-state index contributed by atoms with van der Waals surface area (Å²) in [5, 5.41) is 5.88. The zero-order valence-corrected chi connectivity index (χ0v) is 29.4. The zero-order chi connectivity index (χ0) is 35.4. The van der Waals surface area contributed by atoms with E-state index in [2.05, 4.69) is 152 Å². The molecule has 0 saturated heterocycles. The first-order valence-corrected chi connectivity index (χ1v) is 18.2. The van der Waals surface area contributed by atoms with Crippen LogP contribution in [-0.4, -0.2) is 4.57 Å². The second kappa shape index (κ2) is 10.9. The maximum atomic E-state index is 14.5. The number of para-hydroxylation sites is 1. The van der Waals surface area contributed by atoms with Gasteiger partial charge in [-0.15, -0.1) is 0 Å². The fourth-order valence-electron chi connectivity index (χ4n) is 8.90. The summed E-state index contributed by atoms with van der Waals surface area (Å²) in [6.07, 6.45) is 0. The Labute approximate surface area is 306 Å². The first-order valence-electron chi connectivity index (χ1n) is 18.2. The van der Waals surface area contributed by atoms with Crippen LogP contribution in [0.25, 0.3) is 93.6 Å². The summed E-state index contributed by atoms with van der Waals surface area (Å²) in [6.45, 7) is 4.65. The molecule has 3 heteroatoms. The molecular formula is C50H33NO2. The standard InChI is InChI=1S/C50H33NO2/c1-50(2)42-18-10-8-16-35(42)38-27-39-36-17-9-11-19-44(36)51(45(39)28-43(38)50)46-29-48-41(26-37(46)31-13-4-3-5-14-31)49(52)40-25-34(22-23-47(40)53-48)33-21-20-30-12-6-7-15-32(30)24-33/h3-29H,1-2H3. The van der Waals surface area contributed by atoms with Gasteiger partial charge in [0.25, 0.3) is 0 Å². The molecule has 0 N–H and O–H groups in total. The van der Waals surface area contributed by atoms with Crippen LogP contribution in [0.3, 0.4) is 0 Å². The van der Waals surface area contributed by atoms with Gasteiger partial charge in [0.1, 0.15) is 11.2 Å². The van der Waals surface area contributed by atoms with Crippen LogP contribution in [0.4, 0.5) is 0 Å². The first kappa shape index (κ1) is 30.0. The van der Waals surface area contributed by atoms with Crippen LogP contribution >= 0.6 is 0 Å². The molecule has 11 rings (SSSR count). The molecule has 0 radical (unpaired) electrons. The normalized spacial score (nSPS) is 13.3. The molecule has 10 aromatic rings. The third kappa shape index (κ3) is 4.31. The van der Waals surface area contributed by atoms with Gasteiger partial charge in [0.2, 0.25) is 5.43 Å². The van der Waals surface area contributed by atoms with Crippen molar-refractivity contribution in [3.8, 4) is 39.1 Å². The smallest absolute Gasteiger partial charge is 0.200 e. The van der Waals surface area contributed by atoms with E-state index in [0.29, 0.717) is 21.9 Å². The van der Waals surface area contributed by atoms with Crippen molar-refractivity contribution < 1.29 is 4.42 Å². The number of hydrogen-bond donors (Lipinski definition) is 0. The lowest BCUT2D eigenvalue weighted by molar-refractivity contribution is 0.659. The van der Waals surface area contributed by atoms with Gasteiger partial charge >= 0.3 is 0 Å². The number of rotatable bonds is 3. The van der Waals surface area contributed by atoms with E-state index in [9.17, 15) is 4.79 Å². The van der Waals surface area contributed by atoms with E-state index in [1.807, 2.05) is 30.3 Å². The van der Waals surface area contributed by atoms with Crippen LogP contribution in [0, 0.1) is 0 Å². The molecule has 0 bridgehead atoms. The van der Waals surface area contributed by atoms with E-state index in [0.717, 1.165) is 39.0 Å². The summed E-state index contributed by atoms with van der Waals surface area (Å²) < 4.78 is 9.05. The molecule has 53 heavy (non-hydrogen) atoms. The molecule has 1 aliphatic rings. The van der Waals surface area contributed by atoms with Crippen LogP contribution in [0.15, 0.2) is 173 Å². The Morgan fingerprint density at radius 1 is 0.453 bits per heavy atom. The minimum absolute atomic E-state index is 0.0350. The van der Waals surface area contributed by atoms with E-state index in [-0.39, 0.29) is 10.8 Å². The largest absolute Gasteiger partial charge is 0.456 e. The van der Waals surface area contributed by atoms with E-state index in [1.165, 1.54) is 43.8 Å². The molecule has 2 aromatic heterocycles. The summed E-state index contributed by atoms with van der Waals surface area (Å²) in [4.78, 5) is 14.5. The average molecular weight is 680 g/mol. The lowest BCUT2D eigenvalue weighted by Gasteiger charge is -2.22. The minimum atomic E-state index is -0.148. The van der Waals surface area contributed by atoms with Gasteiger partial charge in [0.05, 0.1) is 27.5 Å². The fraction of sp³-hybridized carbons (Fsp3) is 0.0600. The minimum Gasteiger partial charge on any atom is -0.456 e. The second-order valence-electron chi connectivity index (χ2n) is 14.9. The van der Waals surface area contributed by atoms with Gasteiger partial charge in [-0.3, -0.25) is 4.79 Å². The van der Waals surface area contributed by atoms with Gasteiger partial charge in [-0.25, -0.2) is 0 Å². The molecule has 0 fully saturated rings. The topological polar surface area (TPSA) is 35.1 Å². The van der Waals surface area contributed by atoms with Gasteiger partial charge in [0.15, 0.2) is 0 Å². The Balaban J connectivity index is 1.19. The Morgan fingerprint density at radius 2 is 1.15 bits per heavy atom. The fourth-order valence-corrected chi connectivity index (χ4v) is 8.90. The third-order valence-electron chi connectivity index (χ3n) is 11.6. The maximum Gasteiger partial charge on any atom is 0.200 e. The maximum absolute atomic E-state index is 14.5. The molecule has 1 aliphatic carbocycles. The number of hydrogen-bond acceptors (Lipinski definition) is 2. The quantitative estimate of drug-likeness (QED) is 0.174. The van der Waals surface area contributed by atoms with E-state index in [4.69, 9.17) is 4.42 Å². The van der Waals surface area contributed by atoms with E-state index < -0.39 is 0 Å². The predicted molar refractivity (Wildman–Crippen MR) is 220 cm³/mol. The van der Waals surface area contributed by atoms with Gasteiger partial charge in [-0.05, 0) is 92.2 Å². The number of benzene rings is 8. The van der Waals surface area contributed by atoms with Crippen LogP contribution in [0.1, 0.15) is 25.0 Å². The highest BCUT2D eigenvalue weighted by Gasteiger charge is 2.36. The molecule has 8 aromatic carbocycles. The predicted octanol–water partition coefficient (Wildman–Crippen LogP) is 12.8. The highest BCUT2D eigenvalue weighted by Crippen LogP contribution is 2.51. The van der Waals surface area contributed by atoms with Crippen molar-refractivity contribution in [2.75, 3.05) is 0 Å². The molecular weight excluding hydrogens is 647 g/mol. The molecule has 0 aliphatic heterocycles. The Bertz CT molecular complexity index is 3220. The summed E-state index contributed by atoms with van der Waals surface area (Å²) in [5.41, 5.74) is 13.5. The highest BCUT2D eigenvalue weighted by molar-refractivity contribution is 6.12. The second-order valence-corrected chi connectivity index (χ2v) is 14.9. The summed E-state index contributed by atoms with van der Waals surface area (Å²) in [6, 6.07) is 57.5. The lowest BCUT2D eigenvalue weighted by atomic mass is 9.82. The molecule has 250 valence electrons. The first-order chi connectivity index (χ1) is 25.9. The van der Waals surface area contributed by atoms with Crippen molar-refractivity contribution in [1.29, 1.82) is 0 Å². The van der Waals surface area contributed by atoms with Gasteiger partial charge in [-0.2, -0.15) is 0 Å². The SMILES string of the molecule is CC1(C)c2ccccc2-c2cc3c4ccccc4n(-c4cc5oc6ccc(-c7ccc8ccccc8c7)cc6c(=O)c5cc4-c4ccccc4)c3cc21. The zero-order valence-electron chi connectivity index (χ0n) is 29.4. The summed E-state index contributed by atoms with van der Waals surface area (Å²) >= 11 is 0. The third-order valence-corrected chi connectivity index (χ3v) is 11.6. The van der Waals surface area contributed by atoms with Crippen molar-refractivity contribution in [3.05, 3.63) is 185 Å². The number of aromatic nitrogens is 1. The Hall–Kier alpha value is -6.71. The Kier molecular flexibility index (Phi) is 6.16. The molecule has 2 heterocycles.